The van der Waals surface area contributed by atoms with Gasteiger partial charge in [-0.3, -0.25) is 9.52 Å². The summed E-state index contributed by atoms with van der Waals surface area (Å²) in [6, 6.07) is 18.3. The largest absolute Gasteiger partial charge is 0.490 e. The Bertz CT molecular complexity index is 1280. The first-order valence-electron chi connectivity index (χ1n) is 11.0. The minimum atomic E-state index is -3.82. The number of sulfonamides is 1. The second-order valence-electron chi connectivity index (χ2n) is 8.07. The fourth-order valence-corrected chi connectivity index (χ4v) is 4.52. The van der Waals surface area contributed by atoms with Crippen molar-refractivity contribution in [2.45, 2.75) is 31.2 Å². The highest BCUT2D eigenvalue weighted by Gasteiger charge is 2.19. The molecular weight excluding hydrogens is 454 g/mol. The fraction of sp³-hybridized carbons (Fsp3) is 0.240. The van der Waals surface area contributed by atoms with Gasteiger partial charge in [0, 0.05) is 29.5 Å². The molecule has 0 fully saturated rings. The molecule has 1 aliphatic heterocycles. The number of aryl methyl sites for hydroxylation is 1. The van der Waals surface area contributed by atoms with Gasteiger partial charge in [0.1, 0.15) is 6.04 Å². The number of amides is 1. The van der Waals surface area contributed by atoms with Crippen LogP contribution in [0.15, 0.2) is 71.6 Å². The van der Waals surface area contributed by atoms with Crippen molar-refractivity contribution >= 4 is 33.0 Å². The van der Waals surface area contributed by atoms with Gasteiger partial charge in [0.2, 0.25) is 5.91 Å². The van der Waals surface area contributed by atoms with E-state index in [2.05, 4.69) is 15.4 Å². The van der Waals surface area contributed by atoms with Crippen molar-refractivity contribution in [3.8, 4) is 11.5 Å². The van der Waals surface area contributed by atoms with Crippen molar-refractivity contribution in [2.24, 2.45) is 0 Å². The molecular formula is C25H27N3O5S. The third-order valence-corrected chi connectivity index (χ3v) is 6.61. The zero-order chi connectivity index (χ0) is 24.1. The Labute approximate surface area is 199 Å². The highest BCUT2D eigenvalue weighted by Crippen LogP contribution is 2.32. The van der Waals surface area contributed by atoms with E-state index in [9.17, 15) is 13.2 Å². The van der Waals surface area contributed by atoms with Gasteiger partial charge in [-0.15, -0.1) is 0 Å². The van der Waals surface area contributed by atoms with Crippen LogP contribution in [0.4, 0.5) is 17.1 Å². The number of carbonyl (C=O) groups excluding carboxylic acids is 1. The Balaban J connectivity index is 1.38. The third-order valence-electron chi connectivity index (χ3n) is 5.23. The molecule has 0 aromatic heterocycles. The Kier molecular flexibility index (Phi) is 6.93. The molecule has 8 nitrogen and oxygen atoms in total. The normalized spacial score (nSPS) is 13.9. The van der Waals surface area contributed by atoms with Gasteiger partial charge in [-0.1, -0.05) is 12.1 Å². The number of nitrogens with one attached hydrogen (secondary N) is 3. The average molecular weight is 482 g/mol. The van der Waals surface area contributed by atoms with Crippen LogP contribution in [0.25, 0.3) is 0 Å². The van der Waals surface area contributed by atoms with Gasteiger partial charge < -0.3 is 20.1 Å². The first-order chi connectivity index (χ1) is 16.3. The Morgan fingerprint density at radius 2 is 1.59 bits per heavy atom. The van der Waals surface area contributed by atoms with E-state index in [1.807, 2.05) is 31.2 Å². The lowest BCUT2D eigenvalue weighted by atomic mass is 10.2. The molecule has 0 saturated heterocycles. The summed E-state index contributed by atoms with van der Waals surface area (Å²) in [7, 11) is -3.82. The number of rotatable bonds is 7. The lowest BCUT2D eigenvalue weighted by Gasteiger charge is -2.16. The predicted octanol–water partition coefficient (Wildman–Crippen LogP) is 4.40. The van der Waals surface area contributed by atoms with E-state index in [1.165, 1.54) is 12.1 Å². The van der Waals surface area contributed by atoms with Crippen LogP contribution in [0, 0.1) is 6.92 Å². The van der Waals surface area contributed by atoms with E-state index in [0.717, 1.165) is 17.7 Å². The van der Waals surface area contributed by atoms with E-state index in [-0.39, 0.29) is 10.8 Å². The molecule has 4 rings (SSSR count). The molecule has 1 atom stereocenters. The zero-order valence-electron chi connectivity index (χ0n) is 19.0. The Morgan fingerprint density at radius 1 is 0.882 bits per heavy atom. The molecule has 3 N–H and O–H groups in total. The predicted molar refractivity (Wildman–Crippen MR) is 132 cm³/mol. The number of anilines is 3. The van der Waals surface area contributed by atoms with E-state index >= 15 is 0 Å². The smallest absolute Gasteiger partial charge is 0.262 e. The molecule has 3 aromatic rings. The minimum absolute atomic E-state index is 0.0837. The average Bonchev–Trinajstić information content (AvgIpc) is 3.05. The number of hydrogen-bond donors (Lipinski definition) is 3. The van der Waals surface area contributed by atoms with E-state index < -0.39 is 16.1 Å². The van der Waals surface area contributed by atoms with Crippen molar-refractivity contribution in [3.05, 3.63) is 72.3 Å². The molecule has 1 aliphatic rings. The molecule has 0 bridgehead atoms. The van der Waals surface area contributed by atoms with E-state index in [4.69, 9.17) is 9.47 Å². The van der Waals surface area contributed by atoms with Crippen LogP contribution in [0.5, 0.6) is 11.5 Å². The molecule has 1 amide bonds. The van der Waals surface area contributed by atoms with Crippen molar-refractivity contribution in [1.29, 1.82) is 0 Å². The van der Waals surface area contributed by atoms with Crippen LogP contribution in [0.2, 0.25) is 0 Å². The number of carbonyl (C=O) groups is 1. The van der Waals surface area contributed by atoms with Crippen LogP contribution in [0.1, 0.15) is 18.9 Å². The molecule has 0 radical (unpaired) electrons. The standard InChI is InChI=1S/C25H27N3O5S/c1-17-5-3-6-21(15-17)27-25(29)18(2)26-19-7-9-20(10-8-19)28-34(30,31)22-11-12-23-24(16-22)33-14-4-13-32-23/h3,5-12,15-16,18,26,28H,4,13-14H2,1-2H3,(H,27,29)/t18-/m0/s1. The topological polar surface area (TPSA) is 106 Å². The van der Waals surface area contributed by atoms with Crippen molar-refractivity contribution in [3.63, 3.8) is 0 Å². The molecule has 0 saturated carbocycles. The van der Waals surface area contributed by atoms with Crippen molar-refractivity contribution < 1.29 is 22.7 Å². The van der Waals surface area contributed by atoms with Crippen LogP contribution in [-0.2, 0) is 14.8 Å². The summed E-state index contributed by atoms with van der Waals surface area (Å²) >= 11 is 0. The zero-order valence-corrected chi connectivity index (χ0v) is 19.8. The minimum Gasteiger partial charge on any atom is -0.490 e. The maximum atomic E-state index is 12.8. The van der Waals surface area contributed by atoms with Crippen LogP contribution in [0.3, 0.4) is 0 Å². The summed E-state index contributed by atoms with van der Waals surface area (Å²) in [6.45, 7) is 4.72. The lowest BCUT2D eigenvalue weighted by molar-refractivity contribution is -0.116. The molecule has 0 aliphatic carbocycles. The monoisotopic (exact) mass is 481 g/mol. The lowest BCUT2D eigenvalue weighted by Crippen LogP contribution is -2.31. The highest BCUT2D eigenvalue weighted by molar-refractivity contribution is 7.92. The van der Waals surface area contributed by atoms with Gasteiger partial charge in [0.05, 0.1) is 18.1 Å². The second-order valence-corrected chi connectivity index (χ2v) is 9.75. The summed E-state index contributed by atoms with van der Waals surface area (Å²) in [6.07, 6.45) is 0.738. The van der Waals surface area contributed by atoms with Crippen molar-refractivity contribution in [2.75, 3.05) is 28.6 Å². The van der Waals surface area contributed by atoms with Gasteiger partial charge in [-0.25, -0.2) is 8.42 Å². The number of ether oxygens (including phenoxy) is 2. The summed E-state index contributed by atoms with van der Waals surface area (Å²) in [4.78, 5) is 12.6. The molecule has 34 heavy (non-hydrogen) atoms. The maximum Gasteiger partial charge on any atom is 0.262 e. The maximum absolute atomic E-state index is 12.8. The first-order valence-corrected chi connectivity index (χ1v) is 12.4. The molecule has 3 aromatic carbocycles. The molecule has 9 heteroatoms. The van der Waals surface area contributed by atoms with E-state index in [1.54, 1.807) is 37.3 Å². The number of hydrogen-bond acceptors (Lipinski definition) is 6. The first kappa shape index (κ1) is 23.4. The molecule has 0 spiro atoms. The summed E-state index contributed by atoms with van der Waals surface area (Å²) in [5.74, 6) is 0.773. The van der Waals surface area contributed by atoms with Gasteiger partial charge >= 0.3 is 0 Å². The van der Waals surface area contributed by atoms with Gasteiger partial charge in [-0.2, -0.15) is 0 Å². The second kappa shape index (κ2) is 10.0. The Morgan fingerprint density at radius 3 is 2.32 bits per heavy atom. The molecule has 178 valence electrons. The van der Waals surface area contributed by atoms with Crippen molar-refractivity contribution in [1.82, 2.24) is 0 Å². The highest BCUT2D eigenvalue weighted by atomic mass is 32.2. The molecule has 1 heterocycles. The van der Waals surface area contributed by atoms with Gasteiger partial charge in [0.25, 0.3) is 10.0 Å². The summed E-state index contributed by atoms with van der Waals surface area (Å²) < 4.78 is 39.4. The van der Waals surface area contributed by atoms with Gasteiger partial charge in [-0.05, 0) is 67.9 Å². The van der Waals surface area contributed by atoms with E-state index in [0.29, 0.717) is 36.1 Å². The fourth-order valence-electron chi connectivity index (χ4n) is 3.45. The SMILES string of the molecule is Cc1cccc(NC(=O)[C@H](C)Nc2ccc(NS(=O)(=O)c3ccc4c(c3)OCCCO4)cc2)c1. The van der Waals surface area contributed by atoms with Crippen LogP contribution >= 0.6 is 0 Å². The van der Waals surface area contributed by atoms with Crippen LogP contribution < -0.4 is 24.8 Å². The van der Waals surface area contributed by atoms with Crippen LogP contribution in [-0.4, -0.2) is 33.6 Å². The molecule has 0 unspecified atom stereocenters. The third kappa shape index (κ3) is 5.79. The Hall–Kier alpha value is -3.72. The quantitative estimate of drug-likeness (QED) is 0.462. The number of fused-ring (bicyclic) bond motifs is 1. The summed E-state index contributed by atoms with van der Waals surface area (Å²) in [5.41, 5.74) is 2.88. The summed E-state index contributed by atoms with van der Waals surface area (Å²) in [5, 5.41) is 6.00. The number of benzene rings is 3. The van der Waals surface area contributed by atoms with Gasteiger partial charge in [0.15, 0.2) is 11.5 Å².